The van der Waals surface area contributed by atoms with Crippen LogP contribution < -0.4 is 11.5 Å². The van der Waals surface area contributed by atoms with Crippen LogP contribution in [0.25, 0.3) is 0 Å². The predicted molar refractivity (Wildman–Crippen MR) is 63.7 cm³/mol. The Morgan fingerprint density at radius 1 is 1.19 bits per heavy atom. The second-order valence-corrected chi connectivity index (χ2v) is 3.71. The van der Waals surface area contributed by atoms with Crippen LogP contribution in [0.1, 0.15) is 22.9 Å². The first-order valence-electron chi connectivity index (χ1n) is 5.07. The highest BCUT2D eigenvalue weighted by molar-refractivity contribution is 5.44. The number of pyridine rings is 2. The molecule has 1 atom stereocenters. The van der Waals surface area contributed by atoms with E-state index < -0.39 is 0 Å². The molecule has 2 aromatic rings. The van der Waals surface area contributed by atoms with E-state index in [2.05, 4.69) is 9.97 Å². The molecule has 0 aliphatic rings. The van der Waals surface area contributed by atoms with Crippen molar-refractivity contribution in [3.63, 3.8) is 0 Å². The second kappa shape index (κ2) is 4.28. The summed E-state index contributed by atoms with van der Waals surface area (Å²) < 4.78 is 0. The monoisotopic (exact) mass is 214 g/mol. The Labute approximate surface area is 94.3 Å². The van der Waals surface area contributed by atoms with Gasteiger partial charge in [0.25, 0.3) is 0 Å². The van der Waals surface area contributed by atoms with E-state index in [1.807, 2.05) is 31.2 Å². The Bertz CT molecular complexity index is 496. The highest BCUT2D eigenvalue weighted by Crippen LogP contribution is 2.21. The molecule has 0 spiro atoms. The Kier molecular flexibility index (Phi) is 2.83. The fourth-order valence-corrected chi connectivity index (χ4v) is 1.58. The molecular formula is C12H14N4. The van der Waals surface area contributed by atoms with Crippen LogP contribution in [-0.4, -0.2) is 9.97 Å². The summed E-state index contributed by atoms with van der Waals surface area (Å²) in [4.78, 5) is 8.27. The summed E-state index contributed by atoms with van der Waals surface area (Å²) in [6.45, 7) is 2.00. The van der Waals surface area contributed by atoms with Crippen LogP contribution in [0.5, 0.6) is 0 Å². The molecule has 0 aliphatic carbocycles. The SMILES string of the molecule is Cc1ccnc(C(N)c2cccnc2N)c1. The summed E-state index contributed by atoms with van der Waals surface area (Å²) in [5.41, 5.74) is 14.6. The van der Waals surface area contributed by atoms with E-state index in [9.17, 15) is 0 Å². The van der Waals surface area contributed by atoms with Crippen molar-refractivity contribution in [2.45, 2.75) is 13.0 Å². The zero-order valence-corrected chi connectivity index (χ0v) is 9.09. The van der Waals surface area contributed by atoms with Gasteiger partial charge in [0.15, 0.2) is 0 Å². The first-order valence-corrected chi connectivity index (χ1v) is 5.07. The number of hydrogen-bond donors (Lipinski definition) is 2. The Morgan fingerprint density at radius 2 is 2.00 bits per heavy atom. The highest BCUT2D eigenvalue weighted by atomic mass is 14.9. The third-order valence-electron chi connectivity index (χ3n) is 2.46. The fourth-order valence-electron chi connectivity index (χ4n) is 1.58. The van der Waals surface area contributed by atoms with Crippen LogP contribution in [-0.2, 0) is 0 Å². The molecule has 1 unspecified atom stereocenters. The van der Waals surface area contributed by atoms with Gasteiger partial charge in [-0.3, -0.25) is 4.98 Å². The van der Waals surface area contributed by atoms with Crippen molar-refractivity contribution in [3.05, 3.63) is 53.5 Å². The lowest BCUT2D eigenvalue weighted by Crippen LogP contribution is -2.16. The van der Waals surface area contributed by atoms with Gasteiger partial charge in [-0.05, 0) is 30.7 Å². The first-order chi connectivity index (χ1) is 7.68. The molecule has 0 amide bonds. The summed E-state index contributed by atoms with van der Waals surface area (Å²) in [5, 5.41) is 0. The molecule has 16 heavy (non-hydrogen) atoms. The van der Waals surface area contributed by atoms with Crippen molar-refractivity contribution < 1.29 is 0 Å². The van der Waals surface area contributed by atoms with Gasteiger partial charge in [0.1, 0.15) is 5.82 Å². The number of nitrogens with two attached hydrogens (primary N) is 2. The molecule has 4 N–H and O–H groups in total. The standard InChI is InChI=1S/C12H14N4/c1-8-4-6-15-10(7-8)11(13)9-3-2-5-16-12(9)14/h2-7,11H,13H2,1H3,(H2,14,16). The molecular weight excluding hydrogens is 200 g/mol. The van der Waals surface area contributed by atoms with Gasteiger partial charge in [0, 0.05) is 18.0 Å². The molecule has 0 saturated carbocycles. The van der Waals surface area contributed by atoms with Crippen LogP contribution in [0, 0.1) is 6.92 Å². The number of rotatable bonds is 2. The van der Waals surface area contributed by atoms with Crippen molar-refractivity contribution in [1.29, 1.82) is 0 Å². The first kappa shape index (κ1) is 10.6. The molecule has 2 heterocycles. The molecule has 0 aromatic carbocycles. The molecule has 2 aromatic heterocycles. The van der Waals surface area contributed by atoms with Gasteiger partial charge in [-0.25, -0.2) is 4.98 Å². The molecule has 0 fully saturated rings. The predicted octanol–water partition coefficient (Wildman–Crippen LogP) is 1.42. The lowest BCUT2D eigenvalue weighted by Gasteiger charge is -2.13. The minimum atomic E-state index is -0.325. The molecule has 82 valence electrons. The summed E-state index contributed by atoms with van der Waals surface area (Å²) in [7, 11) is 0. The average Bonchev–Trinajstić information content (AvgIpc) is 2.29. The van der Waals surface area contributed by atoms with Crippen LogP contribution >= 0.6 is 0 Å². The lowest BCUT2D eigenvalue weighted by molar-refractivity contribution is 0.824. The van der Waals surface area contributed by atoms with E-state index in [-0.39, 0.29) is 6.04 Å². The maximum absolute atomic E-state index is 6.10. The number of nitrogens with zero attached hydrogens (tertiary/aromatic N) is 2. The van der Waals surface area contributed by atoms with Gasteiger partial charge >= 0.3 is 0 Å². The van der Waals surface area contributed by atoms with Crippen LogP contribution in [0.2, 0.25) is 0 Å². The van der Waals surface area contributed by atoms with Crippen LogP contribution in [0.15, 0.2) is 36.7 Å². The third-order valence-corrected chi connectivity index (χ3v) is 2.46. The summed E-state index contributed by atoms with van der Waals surface area (Å²) in [6, 6.07) is 7.26. The minimum Gasteiger partial charge on any atom is -0.383 e. The molecule has 0 aliphatic heterocycles. The van der Waals surface area contributed by atoms with E-state index in [1.54, 1.807) is 12.4 Å². The molecule has 4 heteroatoms. The lowest BCUT2D eigenvalue weighted by atomic mass is 10.0. The van der Waals surface area contributed by atoms with E-state index in [4.69, 9.17) is 11.5 Å². The normalized spacial score (nSPS) is 12.4. The van der Waals surface area contributed by atoms with Crippen LogP contribution in [0.4, 0.5) is 5.82 Å². The number of nitrogen functional groups attached to an aromatic ring is 1. The zero-order valence-electron chi connectivity index (χ0n) is 9.09. The Balaban J connectivity index is 2.39. The van der Waals surface area contributed by atoms with Crippen molar-refractivity contribution in [1.82, 2.24) is 9.97 Å². The van der Waals surface area contributed by atoms with Gasteiger partial charge in [-0.1, -0.05) is 6.07 Å². The smallest absolute Gasteiger partial charge is 0.128 e. The quantitative estimate of drug-likeness (QED) is 0.792. The number of aromatic nitrogens is 2. The van der Waals surface area contributed by atoms with E-state index >= 15 is 0 Å². The maximum atomic E-state index is 6.10. The largest absolute Gasteiger partial charge is 0.383 e. The van der Waals surface area contributed by atoms with Crippen molar-refractivity contribution in [3.8, 4) is 0 Å². The van der Waals surface area contributed by atoms with Gasteiger partial charge in [-0.15, -0.1) is 0 Å². The van der Waals surface area contributed by atoms with Crippen molar-refractivity contribution >= 4 is 5.82 Å². The second-order valence-electron chi connectivity index (χ2n) is 3.71. The molecule has 0 saturated heterocycles. The summed E-state index contributed by atoms with van der Waals surface area (Å²) in [6.07, 6.45) is 3.40. The zero-order chi connectivity index (χ0) is 11.5. The van der Waals surface area contributed by atoms with E-state index in [0.717, 1.165) is 16.8 Å². The molecule has 4 nitrogen and oxygen atoms in total. The number of hydrogen-bond acceptors (Lipinski definition) is 4. The molecule has 2 rings (SSSR count). The van der Waals surface area contributed by atoms with Gasteiger partial charge in [0.2, 0.25) is 0 Å². The van der Waals surface area contributed by atoms with E-state index in [0.29, 0.717) is 5.82 Å². The number of aryl methyl sites for hydroxylation is 1. The summed E-state index contributed by atoms with van der Waals surface area (Å²) in [5.74, 6) is 0.457. The summed E-state index contributed by atoms with van der Waals surface area (Å²) >= 11 is 0. The molecule has 0 radical (unpaired) electrons. The Hall–Kier alpha value is -1.94. The van der Waals surface area contributed by atoms with Gasteiger partial charge in [-0.2, -0.15) is 0 Å². The van der Waals surface area contributed by atoms with Crippen LogP contribution in [0.3, 0.4) is 0 Å². The van der Waals surface area contributed by atoms with Crippen molar-refractivity contribution in [2.24, 2.45) is 5.73 Å². The number of anilines is 1. The topological polar surface area (TPSA) is 77.8 Å². The Morgan fingerprint density at radius 3 is 2.69 bits per heavy atom. The third kappa shape index (κ3) is 2.01. The highest BCUT2D eigenvalue weighted by Gasteiger charge is 2.13. The van der Waals surface area contributed by atoms with Gasteiger partial charge in [0.05, 0.1) is 11.7 Å². The van der Waals surface area contributed by atoms with E-state index in [1.165, 1.54) is 0 Å². The molecule has 0 bridgehead atoms. The maximum Gasteiger partial charge on any atom is 0.128 e. The average molecular weight is 214 g/mol. The van der Waals surface area contributed by atoms with Crippen molar-refractivity contribution in [2.75, 3.05) is 5.73 Å². The fraction of sp³-hybridized carbons (Fsp3) is 0.167. The van der Waals surface area contributed by atoms with Gasteiger partial charge < -0.3 is 11.5 Å². The minimum absolute atomic E-state index is 0.325.